The molecule has 138 valence electrons. The van der Waals surface area contributed by atoms with Crippen LogP contribution in [0.2, 0.25) is 0 Å². The zero-order chi connectivity index (χ0) is 15.9. The van der Waals surface area contributed by atoms with E-state index in [4.69, 9.17) is 0 Å². The Morgan fingerprint density at radius 3 is 2.50 bits per heavy atom. The number of rotatable bonds is 6. The highest BCUT2D eigenvalue weighted by atomic mass is 35.5. The Hall–Kier alpha value is -0.850. The zero-order valence-corrected chi connectivity index (χ0v) is 16.5. The number of hydrogen-bond acceptors (Lipinski definition) is 4. The number of amides is 1. The number of nitrogens with one attached hydrogen (secondary N) is 1. The molecule has 5 nitrogen and oxygen atoms in total. The Balaban J connectivity index is 0.00000264. The van der Waals surface area contributed by atoms with Crippen LogP contribution in [0.25, 0.3) is 0 Å². The molecule has 2 rings (SSSR count). The van der Waals surface area contributed by atoms with Crippen LogP contribution in [-0.4, -0.2) is 81.0 Å². The molecule has 1 aliphatic rings. The highest BCUT2D eigenvalue weighted by Crippen LogP contribution is 2.12. The quantitative estimate of drug-likeness (QED) is 0.817. The second-order valence-corrected chi connectivity index (χ2v) is 6.11. The maximum Gasteiger partial charge on any atom is 0.253 e. The lowest BCUT2D eigenvalue weighted by Gasteiger charge is -2.32. The molecule has 0 saturated carbocycles. The summed E-state index contributed by atoms with van der Waals surface area (Å²) in [5.41, 5.74) is 2.00. The molecule has 1 fully saturated rings. The van der Waals surface area contributed by atoms with E-state index < -0.39 is 0 Å². The van der Waals surface area contributed by atoms with E-state index in [-0.39, 0.29) is 30.7 Å². The van der Waals surface area contributed by atoms with Gasteiger partial charge in [0.1, 0.15) is 0 Å². The van der Waals surface area contributed by atoms with E-state index in [9.17, 15) is 4.79 Å². The van der Waals surface area contributed by atoms with E-state index >= 15 is 0 Å². The fraction of sp³-hybridized carbons (Fsp3) is 0.588. The van der Waals surface area contributed by atoms with Crippen molar-refractivity contribution in [3.63, 3.8) is 0 Å². The summed E-state index contributed by atoms with van der Waals surface area (Å²) < 4.78 is 0. The van der Waals surface area contributed by atoms with E-state index in [1.165, 1.54) is 5.56 Å². The van der Waals surface area contributed by atoms with Crippen molar-refractivity contribution in [2.24, 2.45) is 0 Å². The fourth-order valence-corrected chi connectivity index (χ4v) is 2.67. The summed E-state index contributed by atoms with van der Waals surface area (Å²) >= 11 is 0. The van der Waals surface area contributed by atoms with Gasteiger partial charge in [0.05, 0.1) is 0 Å². The van der Waals surface area contributed by atoms with Crippen LogP contribution < -0.4 is 5.32 Å². The van der Waals surface area contributed by atoms with Crippen molar-refractivity contribution >= 4 is 30.7 Å². The van der Waals surface area contributed by atoms with E-state index in [1.807, 2.05) is 32.3 Å². The largest absolute Gasteiger partial charge is 0.340 e. The second-order valence-electron chi connectivity index (χ2n) is 6.11. The summed E-state index contributed by atoms with van der Waals surface area (Å²) in [4.78, 5) is 19.0. The molecule has 1 N–H and O–H groups in total. The molecular weight excluding hydrogens is 347 g/mol. The van der Waals surface area contributed by atoms with Gasteiger partial charge in [-0.25, -0.2) is 0 Å². The van der Waals surface area contributed by atoms with E-state index in [0.717, 1.165) is 51.4 Å². The van der Waals surface area contributed by atoms with Gasteiger partial charge >= 0.3 is 0 Å². The second kappa shape index (κ2) is 11.7. The third-order valence-corrected chi connectivity index (χ3v) is 4.22. The van der Waals surface area contributed by atoms with Gasteiger partial charge in [-0.3, -0.25) is 9.69 Å². The highest BCUT2D eigenvalue weighted by molar-refractivity contribution is 5.94. The van der Waals surface area contributed by atoms with Crippen LogP contribution in [0.1, 0.15) is 15.9 Å². The Morgan fingerprint density at radius 2 is 1.88 bits per heavy atom. The molecule has 0 atom stereocenters. The molecule has 1 aromatic rings. The van der Waals surface area contributed by atoms with E-state index in [1.54, 1.807) is 4.90 Å². The van der Waals surface area contributed by atoms with Crippen molar-refractivity contribution in [1.29, 1.82) is 0 Å². The predicted molar refractivity (Wildman–Crippen MR) is 105 cm³/mol. The fourth-order valence-electron chi connectivity index (χ4n) is 2.67. The number of carbonyl (C=O) groups is 1. The molecule has 0 aliphatic carbocycles. The van der Waals surface area contributed by atoms with Gasteiger partial charge in [-0.2, -0.15) is 0 Å². The predicted octanol–water partition coefficient (Wildman–Crippen LogP) is 1.57. The lowest BCUT2D eigenvalue weighted by Crippen LogP contribution is -2.43. The molecule has 1 aromatic carbocycles. The molecule has 24 heavy (non-hydrogen) atoms. The smallest absolute Gasteiger partial charge is 0.253 e. The van der Waals surface area contributed by atoms with Crippen LogP contribution in [-0.2, 0) is 6.54 Å². The molecule has 1 saturated heterocycles. The first kappa shape index (κ1) is 23.1. The van der Waals surface area contributed by atoms with Gasteiger partial charge in [-0.05, 0) is 31.8 Å². The maximum absolute atomic E-state index is 12.4. The van der Waals surface area contributed by atoms with Crippen LogP contribution >= 0.6 is 24.8 Å². The van der Waals surface area contributed by atoms with Gasteiger partial charge < -0.3 is 15.1 Å². The van der Waals surface area contributed by atoms with Crippen LogP contribution in [0.4, 0.5) is 0 Å². The van der Waals surface area contributed by atoms with Gasteiger partial charge in [-0.1, -0.05) is 12.1 Å². The molecule has 1 aliphatic heterocycles. The summed E-state index contributed by atoms with van der Waals surface area (Å²) in [5, 5.41) is 3.07. The molecule has 0 aromatic heterocycles. The topological polar surface area (TPSA) is 38.8 Å². The number of likely N-dealkylation sites (N-methyl/N-ethyl adjacent to an activating group) is 3. The molecule has 0 bridgehead atoms. The first-order chi connectivity index (χ1) is 10.6. The summed E-state index contributed by atoms with van der Waals surface area (Å²) in [6.07, 6.45) is 0. The monoisotopic (exact) mass is 376 g/mol. The van der Waals surface area contributed by atoms with Crippen LogP contribution in [0.3, 0.4) is 0 Å². The van der Waals surface area contributed by atoms with Crippen LogP contribution in [0.15, 0.2) is 24.3 Å². The van der Waals surface area contributed by atoms with Crippen molar-refractivity contribution in [2.45, 2.75) is 6.54 Å². The first-order valence-electron chi connectivity index (χ1n) is 8.00. The molecule has 0 unspecified atom stereocenters. The van der Waals surface area contributed by atoms with Gasteiger partial charge in [-0.15, -0.1) is 24.8 Å². The molecule has 7 heteroatoms. The number of halogens is 2. The van der Waals surface area contributed by atoms with Gasteiger partial charge in [0.2, 0.25) is 0 Å². The summed E-state index contributed by atoms with van der Waals surface area (Å²) in [5.74, 6) is 0.0930. The van der Waals surface area contributed by atoms with Crippen molar-refractivity contribution in [3.8, 4) is 0 Å². The minimum Gasteiger partial charge on any atom is -0.340 e. The zero-order valence-electron chi connectivity index (χ0n) is 14.8. The lowest BCUT2D eigenvalue weighted by atomic mass is 10.1. The highest BCUT2D eigenvalue weighted by Gasteiger charge is 2.15. The number of piperazine rings is 1. The molecular formula is C17H30Cl2N4O. The third-order valence-electron chi connectivity index (χ3n) is 4.22. The summed E-state index contributed by atoms with van der Waals surface area (Å²) in [6.45, 7) is 6.88. The third kappa shape index (κ3) is 6.95. The van der Waals surface area contributed by atoms with E-state index in [2.05, 4.69) is 28.2 Å². The Bertz CT molecular complexity index is 493. The van der Waals surface area contributed by atoms with Crippen LogP contribution in [0, 0.1) is 0 Å². The minimum absolute atomic E-state index is 0. The van der Waals surface area contributed by atoms with Gasteiger partial charge in [0.25, 0.3) is 5.91 Å². The standard InChI is InChI=1S/C17H28N4O.2ClH/c1-18-7-8-20(3)17(22)16-6-4-5-15(13-16)14-21-11-9-19(2)10-12-21;;/h4-6,13,18H,7-12,14H2,1-3H3;2*1H. The minimum atomic E-state index is 0. The van der Waals surface area contributed by atoms with E-state index in [0.29, 0.717) is 0 Å². The number of benzene rings is 1. The van der Waals surface area contributed by atoms with Crippen LogP contribution in [0.5, 0.6) is 0 Å². The summed E-state index contributed by atoms with van der Waals surface area (Å²) in [7, 11) is 5.92. The molecule has 0 spiro atoms. The van der Waals surface area contributed by atoms with Crippen molar-refractivity contribution in [2.75, 3.05) is 60.4 Å². The van der Waals surface area contributed by atoms with Gasteiger partial charge in [0.15, 0.2) is 0 Å². The molecule has 0 radical (unpaired) electrons. The maximum atomic E-state index is 12.4. The number of nitrogens with zero attached hydrogens (tertiary/aromatic N) is 3. The van der Waals surface area contributed by atoms with Crippen molar-refractivity contribution < 1.29 is 4.79 Å². The molecule has 1 amide bonds. The Morgan fingerprint density at radius 1 is 1.21 bits per heavy atom. The van der Waals surface area contributed by atoms with Crippen molar-refractivity contribution in [1.82, 2.24) is 20.0 Å². The molecule has 1 heterocycles. The number of hydrogen-bond donors (Lipinski definition) is 1. The van der Waals surface area contributed by atoms with Crippen molar-refractivity contribution in [3.05, 3.63) is 35.4 Å². The first-order valence-corrected chi connectivity index (χ1v) is 8.00. The Labute approximate surface area is 158 Å². The summed E-state index contributed by atoms with van der Waals surface area (Å²) in [6, 6.07) is 8.05. The Kier molecular flexibility index (Phi) is 11.2. The SMILES string of the molecule is CNCCN(C)C(=O)c1cccc(CN2CCN(C)CC2)c1.Cl.Cl. The normalized spacial score (nSPS) is 15.3. The van der Waals surface area contributed by atoms with Gasteiger partial charge in [0, 0.05) is 58.4 Å². The number of carbonyl (C=O) groups excluding carboxylic acids is 1. The average Bonchev–Trinajstić information content (AvgIpc) is 2.54. The average molecular weight is 377 g/mol. The lowest BCUT2D eigenvalue weighted by molar-refractivity contribution is 0.0796.